The second-order valence-corrected chi connectivity index (χ2v) is 6.14. The van der Waals surface area contributed by atoms with Gasteiger partial charge in [-0.1, -0.05) is 11.6 Å². The van der Waals surface area contributed by atoms with Crippen LogP contribution in [0.15, 0.2) is 36.4 Å². The highest BCUT2D eigenvalue weighted by molar-refractivity contribution is 6.31. The van der Waals surface area contributed by atoms with E-state index in [0.717, 1.165) is 5.56 Å². The lowest BCUT2D eigenvalue weighted by Crippen LogP contribution is -2.14. The van der Waals surface area contributed by atoms with E-state index >= 15 is 0 Å². The molecular formula is C20H22ClNO4. The quantitative estimate of drug-likeness (QED) is 0.681. The molecule has 0 bridgehead atoms. The van der Waals surface area contributed by atoms with Gasteiger partial charge < -0.3 is 14.8 Å². The van der Waals surface area contributed by atoms with Gasteiger partial charge in [-0.25, -0.2) is 0 Å². The number of ketones is 1. The van der Waals surface area contributed by atoms with Crippen LogP contribution < -0.4 is 14.8 Å². The zero-order valence-corrected chi connectivity index (χ0v) is 15.9. The number of anilines is 1. The first-order valence-corrected chi connectivity index (χ1v) is 8.72. The fourth-order valence-corrected chi connectivity index (χ4v) is 2.57. The molecule has 1 N–H and O–H groups in total. The minimum Gasteiger partial charge on any atom is -0.495 e. The molecule has 5 nitrogen and oxygen atoms in total. The predicted molar refractivity (Wildman–Crippen MR) is 103 cm³/mol. The fourth-order valence-electron chi connectivity index (χ4n) is 2.42. The van der Waals surface area contributed by atoms with Crippen LogP contribution in [-0.2, 0) is 4.79 Å². The maximum atomic E-state index is 12.2. The van der Waals surface area contributed by atoms with Crippen LogP contribution in [0.25, 0.3) is 0 Å². The largest absolute Gasteiger partial charge is 0.495 e. The van der Waals surface area contributed by atoms with Crippen molar-refractivity contribution in [2.75, 3.05) is 19.0 Å². The van der Waals surface area contributed by atoms with Gasteiger partial charge in [-0.3, -0.25) is 9.59 Å². The van der Waals surface area contributed by atoms with Crippen molar-refractivity contribution in [3.8, 4) is 11.5 Å². The summed E-state index contributed by atoms with van der Waals surface area (Å²) in [5.74, 6) is 0.838. The second kappa shape index (κ2) is 9.25. The average Bonchev–Trinajstić information content (AvgIpc) is 2.63. The average molecular weight is 376 g/mol. The van der Waals surface area contributed by atoms with E-state index < -0.39 is 0 Å². The van der Waals surface area contributed by atoms with E-state index in [0.29, 0.717) is 34.4 Å². The van der Waals surface area contributed by atoms with Crippen LogP contribution in [-0.4, -0.2) is 25.4 Å². The topological polar surface area (TPSA) is 64.6 Å². The van der Waals surface area contributed by atoms with Crippen molar-refractivity contribution in [3.63, 3.8) is 0 Å². The number of carbonyl (C=O) groups excluding carboxylic acids is 2. The van der Waals surface area contributed by atoms with Gasteiger partial charge in [0.05, 0.1) is 19.4 Å². The van der Waals surface area contributed by atoms with E-state index in [-0.39, 0.29) is 24.5 Å². The van der Waals surface area contributed by atoms with Crippen LogP contribution in [0.5, 0.6) is 11.5 Å². The molecule has 0 radical (unpaired) electrons. The van der Waals surface area contributed by atoms with Gasteiger partial charge >= 0.3 is 0 Å². The molecule has 0 aliphatic rings. The number of aryl methyl sites for hydroxylation is 1. The molecule has 2 rings (SSSR count). The first kappa shape index (κ1) is 19.8. The fraction of sp³-hybridized carbons (Fsp3) is 0.300. The molecule has 0 spiro atoms. The second-order valence-electron chi connectivity index (χ2n) is 5.73. The van der Waals surface area contributed by atoms with Gasteiger partial charge in [0.25, 0.3) is 0 Å². The van der Waals surface area contributed by atoms with E-state index in [1.807, 2.05) is 13.8 Å². The maximum absolute atomic E-state index is 12.2. The van der Waals surface area contributed by atoms with Crippen molar-refractivity contribution in [2.24, 2.45) is 0 Å². The standard InChI is InChI=1S/C20H22ClNO4/c1-4-26-15-7-5-14(6-8-15)18(23)9-10-20(24)22-17-11-13(2)16(21)12-19(17)25-3/h5-8,11-12H,4,9-10H2,1-3H3,(H,22,24). The molecule has 0 saturated heterocycles. The summed E-state index contributed by atoms with van der Waals surface area (Å²) in [6.45, 7) is 4.31. The van der Waals surface area contributed by atoms with Gasteiger partial charge in [-0.05, 0) is 49.7 Å². The number of Topliss-reactive ketones (excluding diaryl/α,β-unsaturated/α-hetero) is 1. The molecule has 0 aliphatic heterocycles. The van der Waals surface area contributed by atoms with Gasteiger partial charge in [0.2, 0.25) is 5.91 Å². The summed E-state index contributed by atoms with van der Waals surface area (Å²) in [6.07, 6.45) is 0.200. The molecule has 0 aliphatic carbocycles. The van der Waals surface area contributed by atoms with Crippen molar-refractivity contribution >= 4 is 29.0 Å². The highest BCUT2D eigenvalue weighted by atomic mass is 35.5. The summed E-state index contributed by atoms with van der Waals surface area (Å²) in [4.78, 5) is 24.4. The number of hydrogen-bond donors (Lipinski definition) is 1. The molecule has 6 heteroatoms. The van der Waals surface area contributed by atoms with E-state index in [4.69, 9.17) is 21.1 Å². The predicted octanol–water partition coefficient (Wildman–Crippen LogP) is 4.66. The third kappa shape index (κ3) is 5.23. The summed E-state index contributed by atoms with van der Waals surface area (Å²) < 4.78 is 10.6. The van der Waals surface area contributed by atoms with Crippen LogP contribution >= 0.6 is 11.6 Å². The summed E-state index contributed by atoms with van der Waals surface area (Å²) in [7, 11) is 1.51. The SMILES string of the molecule is CCOc1ccc(C(=O)CCC(=O)Nc2cc(C)c(Cl)cc2OC)cc1. The van der Waals surface area contributed by atoms with Gasteiger partial charge in [0.15, 0.2) is 5.78 Å². The minimum absolute atomic E-state index is 0.0802. The zero-order chi connectivity index (χ0) is 19.1. The van der Waals surface area contributed by atoms with Gasteiger partial charge in [-0.2, -0.15) is 0 Å². The Morgan fingerprint density at radius 2 is 1.81 bits per heavy atom. The van der Waals surface area contributed by atoms with Crippen molar-refractivity contribution in [2.45, 2.75) is 26.7 Å². The molecule has 0 atom stereocenters. The number of hydrogen-bond acceptors (Lipinski definition) is 4. The molecule has 1 amide bonds. The van der Waals surface area contributed by atoms with Crippen molar-refractivity contribution in [1.29, 1.82) is 0 Å². The Labute approximate surface area is 158 Å². The van der Waals surface area contributed by atoms with E-state index in [1.54, 1.807) is 36.4 Å². The molecule has 0 unspecified atom stereocenters. The lowest BCUT2D eigenvalue weighted by atomic mass is 10.1. The molecule has 2 aromatic carbocycles. The number of nitrogens with one attached hydrogen (secondary N) is 1. The molecule has 0 fully saturated rings. The van der Waals surface area contributed by atoms with Gasteiger partial charge in [0.1, 0.15) is 11.5 Å². The Bertz CT molecular complexity index is 787. The summed E-state index contributed by atoms with van der Waals surface area (Å²) in [6, 6.07) is 10.3. The molecule has 26 heavy (non-hydrogen) atoms. The Morgan fingerprint density at radius 1 is 1.12 bits per heavy atom. The van der Waals surface area contributed by atoms with Crippen LogP contribution in [0.4, 0.5) is 5.69 Å². The van der Waals surface area contributed by atoms with Gasteiger partial charge in [-0.15, -0.1) is 0 Å². The van der Waals surface area contributed by atoms with Crippen LogP contribution in [0, 0.1) is 6.92 Å². The number of ether oxygens (including phenoxy) is 2. The molecule has 138 valence electrons. The number of carbonyl (C=O) groups is 2. The summed E-state index contributed by atoms with van der Waals surface area (Å²) in [5.41, 5.74) is 1.92. The van der Waals surface area contributed by atoms with Crippen molar-refractivity contribution < 1.29 is 19.1 Å². The highest BCUT2D eigenvalue weighted by Crippen LogP contribution is 2.31. The zero-order valence-electron chi connectivity index (χ0n) is 15.1. The van der Waals surface area contributed by atoms with Crippen molar-refractivity contribution in [1.82, 2.24) is 0 Å². The third-order valence-corrected chi connectivity index (χ3v) is 4.23. The molecule has 0 saturated carbocycles. The minimum atomic E-state index is -0.260. The summed E-state index contributed by atoms with van der Waals surface area (Å²) >= 11 is 6.06. The lowest BCUT2D eigenvalue weighted by Gasteiger charge is -2.12. The normalized spacial score (nSPS) is 10.3. The third-order valence-electron chi connectivity index (χ3n) is 3.82. The van der Waals surface area contributed by atoms with Crippen LogP contribution in [0.1, 0.15) is 35.7 Å². The highest BCUT2D eigenvalue weighted by Gasteiger charge is 2.13. The first-order valence-electron chi connectivity index (χ1n) is 8.34. The Hall–Kier alpha value is -2.53. The lowest BCUT2D eigenvalue weighted by molar-refractivity contribution is -0.116. The van der Waals surface area contributed by atoms with Crippen LogP contribution in [0.2, 0.25) is 5.02 Å². The van der Waals surface area contributed by atoms with E-state index in [9.17, 15) is 9.59 Å². The maximum Gasteiger partial charge on any atom is 0.224 e. The number of amides is 1. The monoisotopic (exact) mass is 375 g/mol. The smallest absolute Gasteiger partial charge is 0.224 e. The molecule has 0 heterocycles. The Kier molecular flexibility index (Phi) is 7.04. The van der Waals surface area contributed by atoms with E-state index in [2.05, 4.69) is 5.32 Å². The first-order chi connectivity index (χ1) is 12.4. The number of rotatable bonds is 8. The molecule has 2 aromatic rings. The molecular weight excluding hydrogens is 354 g/mol. The molecule has 0 aromatic heterocycles. The van der Waals surface area contributed by atoms with Crippen molar-refractivity contribution in [3.05, 3.63) is 52.5 Å². The van der Waals surface area contributed by atoms with E-state index in [1.165, 1.54) is 7.11 Å². The summed E-state index contributed by atoms with van der Waals surface area (Å²) in [5, 5.41) is 3.33. The van der Waals surface area contributed by atoms with Gasteiger partial charge in [0, 0.05) is 29.5 Å². The number of halogens is 1. The van der Waals surface area contributed by atoms with Crippen LogP contribution in [0.3, 0.4) is 0 Å². The Balaban J connectivity index is 1.94. The number of benzene rings is 2. The Morgan fingerprint density at radius 3 is 2.42 bits per heavy atom. The number of methoxy groups -OCH3 is 1.